The van der Waals surface area contributed by atoms with Gasteiger partial charge in [-0.15, -0.1) is 0 Å². The summed E-state index contributed by atoms with van der Waals surface area (Å²) in [6, 6.07) is 14.0. The van der Waals surface area contributed by atoms with Crippen molar-refractivity contribution in [3.05, 3.63) is 65.7 Å². The standard InChI is InChI=1S/C17H12F3NOS2/c18-17(19,20)12-6-4-5-11(9-12)10-14-15(22)21(16(23)24-14)13-7-2-1-3-8-13/h1-9,14H,10H2/t14-/m1/s1. The van der Waals surface area contributed by atoms with E-state index in [9.17, 15) is 18.0 Å². The van der Waals surface area contributed by atoms with Crippen LogP contribution in [-0.4, -0.2) is 15.5 Å². The van der Waals surface area contributed by atoms with Gasteiger partial charge in [0.2, 0.25) is 5.91 Å². The predicted octanol–water partition coefficient (Wildman–Crippen LogP) is 4.68. The summed E-state index contributed by atoms with van der Waals surface area (Å²) >= 11 is 6.48. The first-order valence-corrected chi connectivity index (χ1v) is 8.41. The summed E-state index contributed by atoms with van der Waals surface area (Å²) in [5, 5.41) is -0.513. The van der Waals surface area contributed by atoms with Gasteiger partial charge in [-0.05, 0) is 30.2 Å². The molecular formula is C17H12F3NOS2. The largest absolute Gasteiger partial charge is 0.416 e. The van der Waals surface area contributed by atoms with E-state index in [0.717, 1.165) is 12.1 Å². The lowest BCUT2D eigenvalue weighted by Gasteiger charge is -2.15. The number of carbonyl (C=O) groups is 1. The van der Waals surface area contributed by atoms with E-state index in [4.69, 9.17) is 12.2 Å². The van der Waals surface area contributed by atoms with Crippen molar-refractivity contribution in [2.75, 3.05) is 4.90 Å². The summed E-state index contributed by atoms with van der Waals surface area (Å²) < 4.78 is 38.8. The predicted molar refractivity (Wildman–Crippen MR) is 93.1 cm³/mol. The van der Waals surface area contributed by atoms with Crippen molar-refractivity contribution < 1.29 is 18.0 Å². The molecule has 0 aliphatic carbocycles. The highest BCUT2D eigenvalue weighted by atomic mass is 32.2. The van der Waals surface area contributed by atoms with Crippen molar-refractivity contribution in [1.82, 2.24) is 0 Å². The minimum Gasteiger partial charge on any atom is -0.273 e. The number of rotatable bonds is 3. The Morgan fingerprint density at radius 3 is 2.46 bits per heavy atom. The molecule has 1 aliphatic heterocycles. The maximum Gasteiger partial charge on any atom is 0.416 e. The number of anilines is 1. The zero-order valence-corrected chi connectivity index (χ0v) is 13.9. The molecule has 1 heterocycles. The maximum absolute atomic E-state index is 12.8. The first-order valence-electron chi connectivity index (χ1n) is 7.12. The summed E-state index contributed by atoms with van der Waals surface area (Å²) in [6.07, 6.45) is -4.19. The zero-order chi connectivity index (χ0) is 17.3. The van der Waals surface area contributed by atoms with Crippen molar-refractivity contribution in [3.63, 3.8) is 0 Å². The smallest absolute Gasteiger partial charge is 0.273 e. The monoisotopic (exact) mass is 367 g/mol. The van der Waals surface area contributed by atoms with Crippen molar-refractivity contribution in [3.8, 4) is 0 Å². The van der Waals surface area contributed by atoms with Gasteiger partial charge in [0.05, 0.1) is 16.5 Å². The van der Waals surface area contributed by atoms with Crippen LogP contribution in [0.5, 0.6) is 0 Å². The molecule has 0 unspecified atom stereocenters. The maximum atomic E-state index is 12.8. The topological polar surface area (TPSA) is 20.3 Å². The number of alkyl halides is 3. The Hall–Kier alpha value is -1.86. The molecule has 1 saturated heterocycles. The summed E-state index contributed by atoms with van der Waals surface area (Å²) in [5.41, 5.74) is 0.429. The minimum absolute atomic E-state index is 0.200. The van der Waals surface area contributed by atoms with E-state index in [2.05, 4.69) is 0 Å². The molecule has 1 amide bonds. The van der Waals surface area contributed by atoms with Crippen LogP contribution in [0.1, 0.15) is 11.1 Å². The van der Waals surface area contributed by atoms with Gasteiger partial charge in [0, 0.05) is 0 Å². The van der Waals surface area contributed by atoms with Crippen LogP contribution in [0.4, 0.5) is 18.9 Å². The van der Waals surface area contributed by atoms with Crippen LogP contribution < -0.4 is 4.90 Å². The van der Waals surface area contributed by atoms with Crippen LogP contribution in [0.25, 0.3) is 0 Å². The van der Waals surface area contributed by atoms with Gasteiger partial charge in [-0.2, -0.15) is 13.2 Å². The molecule has 2 aromatic carbocycles. The van der Waals surface area contributed by atoms with Gasteiger partial charge in [0.15, 0.2) is 0 Å². The van der Waals surface area contributed by atoms with Crippen LogP contribution >= 0.6 is 24.0 Å². The van der Waals surface area contributed by atoms with E-state index in [1.165, 1.54) is 22.7 Å². The number of nitrogens with zero attached hydrogens (tertiary/aromatic N) is 1. The SMILES string of the molecule is O=C1[C@@H](Cc2cccc(C(F)(F)F)c2)SC(=S)N1c1ccccc1. The number of hydrogen-bond donors (Lipinski definition) is 0. The molecule has 0 N–H and O–H groups in total. The number of halogens is 3. The van der Waals surface area contributed by atoms with Crippen LogP contribution in [0, 0.1) is 0 Å². The Morgan fingerprint density at radius 2 is 1.79 bits per heavy atom. The molecule has 2 aromatic rings. The third kappa shape index (κ3) is 3.47. The van der Waals surface area contributed by atoms with Crippen LogP contribution in [-0.2, 0) is 17.4 Å². The van der Waals surface area contributed by atoms with Gasteiger partial charge >= 0.3 is 6.18 Å². The van der Waals surface area contributed by atoms with Crippen molar-refractivity contribution in [2.24, 2.45) is 0 Å². The zero-order valence-electron chi connectivity index (χ0n) is 12.3. The third-order valence-electron chi connectivity index (χ3n) is 3.61. The van der Waals surface area contributed by atoms with E-state index in [-0.39, 0.29) is 12.3 Å². The Kier molecular flexibility index (Phi) is 4.64. The second-order valence-electron chi connectivity index (χ2n) is 5.28. The number of amides is 1. The Morgan fingerprint density at radius 1 is 1.08 bits per heavy atom. The van der Waals surface area contributed by atoms with Crippen molar-refractivity contribution >= 4 is 39.9 Å². The molecule has 0 spiro atoms. The first kappa shape index (κ1) is 17.0. The fraction of sp³-hybridized carbons (Fsp3) is 0.176. The molecule has 1 aliphatic rings. The van der Waals surface area contributed by atoms with Gasteiger partial charge in [0.25, 0.3) is 0 Å². The molecule has 1 fully saturated rings. The van der Waals surface area contributed by atoms with E-state index in [1.54, 1.807) is 30.3 Å². The quantitative estimate of drug-likeness (QED) is 0.735. The van der Waals surface area contributed by atoms with Gasteiger partial charge in [-0.25, -0.2) is 0 Å². The van der Waals surface area contributed by atoms with E-state index < -0.39 is 17.0 Å². The highest BCUT2D eigenvalue weighted by Crippen LogP contribution is 2.35. The lowest BCUT2D eigenvalue weighted by atomic mass is 10.1. The van der Waals surface area contributed by atoms with Gasteiger partial charge in [-0.3, -0.25) is 9.69 Å². The third-order valence-corrected chi connectivity index (χ3v) is 5.12. The van der Waals surface area contributed by atoms with E-state index in [1.807, 2.05) is 6.07 Å². The molecule has 0 radical (unpaired) electrons. The molecule has 7 heteroatoms. The van der Waals surface area contributed by atoms with Gasteiger partial charge in [-0.1, -0.05) is 60.4 Å². The normalized spacial score (nSPS) is 18.3. The molecule has 124 valence electrons. The summed E-state index contributed by atoms with van der Waals surface area (Å²) in [4.78, 5) is 14.0. The molecule has 0 aromatic heterocycles. The minimum atomic E-state index is -4.39. The lowest BCUT2D eigenvalue weighted by molar-refractivity contribution is -0.137. The number of carbonyl (C=O) groups excluding carboxylic acids is 1. The number of para-hydroxylation sites is 1. The lowest BCUT2D eigenvalue weighted by Crippen LogP contribution is -2.31. The Labute approximate surface area is 146 Å². The van der Waals surface area contributed by atoms with Gasteiger partial charge < -0.3 is 0 Å². The number of thioether (sulfide) groups is 1. The molecule has 0 bridgehead atoms. The summed E-state index contributed by atoms with van der Waals surface area (Å²) in [5.74, 6) is -0.200. The van der Waals surface area contributed by atoms with E-state index >= 15 is 0 Å². The van der Waals surface area contributed by atoms with E-state index in [0.29, 0.717) is 15.6 Å². The molecule has 24 heavy (non-hydrogen) atoms. The van der Waals surface area contributed by atoms with Crippen LogP contribution in [0.3, 0.4) is 0 Å². The average Bonchev–Trinajstić information content (AvgIpc) is 2.82. The second-order valence-corrected chi connectivity index (χ2v) is 7.12. The number of hydrogen-bond acceptors (Lipinski definition) is 3. The Balaban J connectivity index is 1.80. The first-order chi connectivity index (χ1) is 11.4. The number of benzene rings is 2. The highest BCUT2D eigenvalue weighted by Gasteiger charge is 2.38. The van der Waals surface area contributed by atoms with Crippen molar-refractivity contribution in [1.29, 1.82) is 0 Å². The summed E-state index contributed by atoms with van der Waals surface area (Å²) in [6.45, 7) is 0. The molecule has 0 saturated carbocycles. The molecule has 3 rings (SSSR count). The highest BCUT2D eigenvalue weighted by molar-refractivity contribution is 8.25. The second kappa shape index (κ2) is 6.57. The molecular weight excluding hydrogens is 355 g/mol. The fourth-order valence-electron chi connectivity index (χ4n) is 2.49. The number of thiocarbonyl (C=S) groups is 1. The summed E-state index contributed by atoms with van der Waals surface area (Å²) in [7, 11) is 0. The average molecular weight is 367 g/mol. The van der Waals surface area contributed by atoms with Gasteiger partial charge in [0.1, 0.15) is 4.32 Å². The molecule has 2 nitrogen and oxygen atoms in total. The van der Waals surface area contributed by atoms with Crippen LogP contribution in [0.15, 0.2) is 54.6 Å². The Bertz CT molecular complexity index is 777. The van der Waals surface area contributed by atoms with Crippen molar-refractivity contribution in [2.45, 2.75) is 17.8 Å². The fourth-order valence-corrected chi connectivity index (χ4v) is 4.06. The molecule has 1 atom stereocenters. The van der Waals surface area contributed by atoms with Crippen LogP contribution in [0.2, 0.25) is 0 Å².